The fourth-order valence-electron chi connectivity index (χ4n) is 2.85. The van der Waals surface area contributed by atoms with Crippen LogP contribution in [0.5, 0.6) is 11.5 Å². The predicted octanol–water partition coefficient (Wildman–Crippen LogP) is 4.25. The molecule has 1 heterocycles. The molecule has 2 aromatic carbocycles. The Morgan fingerprint density at radius 1 is 1.17 bits per heavy atom. The van der Waals surface area contributed by atoms with Gasteiger partial charge in [-0.3, -0.25) is 9.48 Å². The summed E-state index contributed by atoms with van der Waals surface area (Å²) in [5.74, 6) is 1.23. The molecule has 6 nitrogen and oxygen atoms in total. The number of aromatic nitrogens is 2. The maximum Gasteiger partial charge on any atom is 0.251 e. The van der Waals surface area contributed by atoms with Crippen LogP contribution in [-0.2, 0) is 13.2 Å². The van der Waals surface area contributed by atoms with E-state index in [0.717, 1.165) is 17.7 Å². The van der Waals surface area contributed by atoms with Crippen molar-refractivity contribution in [1.82, 2.24) is 15.1 Å². The van der Waals surface area contributed by atoms with Crippen LogP contribution in [0, 0.1) is 6.92 Å². The van der Waals surface area contributed by atoms with E-state index in [2.05, 4.69) is 10.4 Å². The van der Waals surface area contributed by atoms with Gasteiger partial charge in [0.1, 0.15) is 6.61 Å². The smallest absolute Gasteiger partial charge is 0.251 e. The number of amides is 1. The van der Waals surface area contributed by atoms with Gasteiger partial charge in [-0.05, 0) is 43.2 Å². The van der Waals surface area contributed by atoms with Crippen molar-refractivity contribution in [3.05, 3.63) is 76.6 Å². The quantitative estimate of drug-likeness (QED) is 0.532. The first-order valence-electron chi connectivity index (χ1n) is 9.39. The van der Waals surface area contributed by atoms with Crippen molar-refractivity contribution in [3.63, 3.8) is 0 Å². The zero-order valence-electron chi connectivity index (χ0n) is 16.5. The number of hydrogen-bond donors (Lipinski definition) is 1. The van der Waals surface area contributed by atoms with Crippen molar-refractivity contribution in [2.75, 3.05) is 13.7 Å². The molecule has 0 aliphatic heterocycles. The minimum atomic E-state index is -0.112. The van der Waals surface area contributed by atoms with Crippen molar-refractivity contribution in [1.29, 1.82) is 0 Å². The van der Waals surface area contributed by atoms with E-state index in [1.54, 1.807) is 24.1 Å². The van der Waals surface area contributed by atoms with Gasteiger partial charge in [0.25, 0.3) is 5.91 Å². The van der Waals surface area contributed by atoms with Crippen LogP contribution in [0.15, 0.2) is 54.7 Å². The molecular weight excluding hydrogens is 390 g/mol. The largest absolute Gasteiger partial charge is 0.493 e. The third-order valence-electron chi connectivity index (χ3n) is 4.39. The molecule has 3 aromatic rings. The lowest BCUT2D eigenvalue weighted by Crippen LogP contribution is -2.25. The van der Waals surface area contributed by atoms with Gasteiger partial charge in [0, 0.05) is 24.8 Å². The molecular formula is C22H24ClN3O3. The van der Waals surface area contributed by atoms with E-state index in [0.29, 0.717) is 41.8 Å². The number of halogens is 1. The highest BCUT2D eigenvalue weighted by atomic mass is 35.5. The molecule has 1 N–H and O–H groups in total. The Balaban J connectivity index is 1.49. The number of carbonyl (C=O) groups excluding carboxylic acids is 1. The summed E-state index contributed by atoms with van der Waals surface area (Å²) in [7, 11) is 1.61. The minimum Gasteiger partial charge on any atom is -0.493 e. The second-order valence-corrected chi connectivity index (χ2v) is 6.98. The number of hydrogen-bond acceptors (Lipinski definition) is 4. The Kier molecular flexibility index (Phi) is 7.14. The van der Waals surface area contributed by atoms with Crippen LogP contribution in [0.3, 0.4) is 0 Å². The average Bonchev–Trinajstić information content (AvgIpc) is 3.07. The molecule has 0 atom stereocenters. The van der Waals surface area contributed by atoms with Gasteiger partial charge in [-0.2, -0.15) is 5.10 Å². The summed E-state index contributed by atoms with van der Waals surface area (Å²) in [5.41, 5.74) is 2.32. The number of para-hydroxylation sites is 2. The monoisotopic (exact) mass is 413 g/mol. The summed E-state index contributed by atoms with van der Waals surface area (Å²) in [4.78, 5) is 12.4. The fourth-order valence-corrected chi connectivity index (χ4v) is 3.01. The summed E-state index contributed by atoms with van der Waals surface area (Å²) in [6.07, 6.45) is 2.56. The number of nitrogens with one attached hydrogen (secondary N) is 1. The second-order valence-electron chi connectivity index (χ2n) is 6.57. The highest BCUT2D eigenvalue weighted by molar-refractivity contribution is 6.31. The normalized spacial score (nSPS) is 10.6. The number of benzene rings is 2. The van der Waals surface area contributed by atoms with Crippen LogP contribution >= 0.6 is 11.6 Å². The first-order chi connectivity index (χ1) is 14.1. The molecule has 0 bridgehead atoms. The number of aryl methyl sites for hydroxylation is 2. The molecule has 0 saturated carbocycles. The van der Waals surface area contributed by atoms with E-state index in [-0.39, 0.29) is 5.91 Å². The van der Waals surface area contributed by atoms with Crippen molar-refractivity contribution >= 4 is 17.5 Å². The zero-order valence-corrected chi connectivity index (χ0v) is 17.3. The lowest BCUT2D eigenvalue weighted by Gasteiger charge is -2.11. The highest BCUT2D eigenvalue weighted by Gasteiger charge is 2.08. The molecule has 152 valence electrons. The summed E-state index contributed by atoms with van der Waals surface area (Å²) >= 11 is 6.00. The van der Waals surface area contributed by atoms with Crippen molar-refractivity contribution in [3.8, 4) is 11.5 Å². The zero-order chi connectivity index (χ0) is 20.6. The Labute approximate surface area is 175 Å². The standard InChI is InChI=1S/C22H24ClN3O3/c1-16-19(23)14-26(25-16)12-6-11-24-22(27)18-8-5-7-17(13-18)15-29-21-10-4-3-9-20(21)28-2/h3-5,7-10,13-14H,6,11-12,15H2,1-2H3,(H,24,27). The minimum absolute atomic E-state index is 0.112. The SMILES string of the molecule is COc1ccccc1OCc1cccc(C(=O)NCCCn2cc(Cl)c(C)n2)c1. The molecule has 0 saturated heterocycles. The average molecular weight is 414 g/mol. The van der Waals surface area contributed by atoms with Gasteiger partial charge in [0.05, 0.1) is 17.8 Å². The summed E-state index contributed by atoms with van der Waals surface area (Å²) in [5, 5.41) is 7.89. The third kappa shape index (κ3) is 5.74. The van der Waals surface area contributed by atoms with E-state index < -0.39 is 0 Å². The van der Waals surface area contributed by atoms with Gasteiger partial charge in [0.15, 0.2) is 11.5 Å². The molecule has 3 rings (SSSR count). The lowest BCUT2D eigenvalue weighted by molar-refractivity contribution is 0.0952. The molecule has 0 unspecified atom stereocenters. The number of nitrogens with zero attached hydrogens (tertiary/aromatic N) is 2. The summed E-state index contributed by atoms with van der Waals surface area (Å²) < 4.78 is 12.9. The van der Waals surface area contributed by atoms with Gasteiger partial charge < -0.3 is 14.8 Å². The molecule has 1 aromatic heterocycles. The Bertz CT molecular complexity index is 952. The van der Waals surface area contributed by atoms with Crippen LogP contribution in [0.4, 0.5) is 0 Å². The van der Waals surface area contributed by atoms with Crippen molar-refractivity contribution in [2.24, 2.45) is 0 Å². The molecule has 7 heteroatoms. The van der Waals surface area contributed by atoms with Crippen LogP contribution in [0.25, 0.3) is 0 Å². The molecule has 1 amide bonds. The first-order valence-corrected chi connectivity index (χ1v) is 9.77. The van der Waals surface area contributed by atoms with E-state index >= 15 is 0 Å². The molecule has 0 aliphatic rings. The molecule has 0 radical (unpaired) electrons. The lowest BCUT2D eigenvalue weighted by atomic mass is 10.1. The first kappa shape index (κ1) is 20.7. The Hall–Kier alpha value is -2.99. The van der Waals surface area contributed by atoms with Gasteiger partial charge in [-0.1, -0.05) is 35.9 Å². The molecule has 29 heavy (non-hydrogen) atoms. The van der Waals surface area contributed by atoms with Gasteiger partial charge >= 0.3 is 0 Å². The van der Waals surface area contributed by atoms with Crippen molar-refractivity contribution in [2.45, 2.75) is 26.5 Å². The molecule has 0 aliphatic carbocycles. The van der Waals surface area contributed by atoms with Crippen molar-refractivity contribution < 1.29 is 14.3 Å². The topological polar surface area (TPSA) is 65.4 Å². The number of methoxy groups -OCH3 is 1. The maximum absolute atomic E-state index is 12.4. The Morgan fingerprint density at radius 2 is 1.97 bits per heavy atom. The van der Waals surface area contributed by atoms with Crippen LogP contribution < -0.4 is 14.8 Å². The van der Waals surface area contributed by atoms with E-state index in [1.165, 1.54) is 0 Å². The summed E-state index contributed by atoms with van der Waals surface area (Å²) in [6, 6.07) is 14.9. The maximum atomic E-state index is 12.4. The number of carbonyl (C=O) groups is 1. The van der Waals surface area contributed by atoms with Crippen LogP contribution in [-0.4, -0.2) is 29.3 Å². The van der Waals surface area contributed by atoms with Crippen LogP contribution in [0.1, 0.15) is 28.0 Å². The van der Waals surface area contributed by atoms with Gasteiger partial charge in [-0.25, -0.2) is 0 Å². The van der Waals surface area contributed by atoms with Gasteiger partial charge in [-0.15, -0.1) is 0 Å². The number of rotatable bonds is 9. The van der Waals surface area contributed by atoms with E-state index in [4.69, 9.17) is 21.1 Å². The fraction of sp³-hybridized carbons (Fsp3) is 0.273. The summed E-state index contributed by atoms with van der Waals surface area (Å²) in [6.45, 7) is 3.46. The third-order valence-corrected chi connectivity index (χ3v) is 4.76. The highest BCUT2D eigenvalue weighted by Crippen LogP contribution is 2.26. The second kappa shape index (κ2) is 9.98. The Morgan fingerprint density at radius 3 is 2.69 bits per heavy atom. The molecule has 0 fully saturated rings. The molecule has 0 spiro atoms. The van der Waals surface area contributed by atoms with E-state index in [1.807, 2.05) is 49.4 Å². The van der Waals surface area contributed by atoms with Gasteiger partial charge in [0.2, 0.25) is 0 Å². The van der Waals surface area contributed by atoms with E-state index in [9.17, 15) is 4.79 Å². The number of ether oxygens (including phenoxy) is 2. The van der Waals surface area contributed by atoms with Crippen LogP contribution in [0.2, 0.25) is 5.02 Å². The predicted molar refractivity (Wildman–Crippen MR) is 113 cm³/mol.